The molecule has 0 N–H and O–H groups in total. The van der Waals surface area contributed by atoms with Crippen LogP contribution in [0.3, 0.4) is 0 Å². The summed E-state index contributed by atoms with van der Waals surface area (Å²) < 4.78 is 5.55. The van der Waals surface area contributed by atoms with E-state index in [4.69, 9.17) is 4.74 Å². The molecule has 0 fully saturated rings. The molecular formula is C18H15NO2. The van der Waals surface area contributed by atoms with Crippen LogP contribution < -0.4 is 4.74 Å². The van der Waals surface area contributed by atoms with Crippen molar-refractivity contribution >= 4 is 16.9 Å². The number of aromatic nitrogens is 1. The standard InChI is InChI=1S/C18H15NO2/c1-12-6-3-4-8-15(12)18(20)21-16-9-5-7-14-11-10-13(2)19-17(14)16/h3-11H,1-2H3. The van der Waals surface area contributed by atoms with Crippen LogP contribution in [0.5, 0.6) is 5.75 Å². The molecule has 0 amide bonds. The number of esters is 1. The molecule has 3 nitrogen and oxygen atoms in total. The van der Waals surface area contributed by atoms with E-state index < -0.39 is 0 Å². The van der Waals surface area contributed by atoms with E-state index >= 15 is 0 Å². The second-order valence-electron chi connectivity index (χ2n) is 4.98. The number of aryl methyl sites for hydroxylation is 2. The monoisotopic (exact) mass is 277 g/mol. The first kappa shape index (κ1) is 13.3. The number of fused-ring (bicyclic) bond motifs is 1. The van der Waals surface area contributed by atoms with Crippen molar-refractivity contribution in [2.75, 3.05) is 0 Å². The highest BCUT2D eigenvalue weighted by Gasteiger charge is 2.13. The SMILES string of the molecule is Cc1ccc2cccc(OC(=O)c3ccccc3C)c2n1. The fraction of sp³-hybridized carbons (Fsp3) is 0.111. The van der Waals surface area contributed by atoms with E-state index in [1.165, 1.54) is 0 Å². The van der Waals surface area contributed by atoms with Crippen molar-refractivity contribution in [2.24, 2.45) is 0 Å². The lowest BCUT2D eigenvalue weighted by molar-refractivity contribution is 0.0736. The van der Waals surface area contributed by atoms with Crippen molar-refractivity contribution in [3.63, 3.8) is 0 Å². The summed E-state index contributed by atoms with van der Waals surface area (Å²) in [5.74, 6) is 0.133. The Balaban J connectivity index is 2.00. The van der Waals surface area contributed by atoms with Gasteiger partial charge in [-0.1, -0.05) is 36.4 Å². The van der Waals surface area contributed by atoms with Crippen LogP contribution in [0, 0.1) is 13.8 Å². The highest BCUT2D eigenvalue weighted by Crippen LogP contribution is 2.25. The van der Waals surface area contributed by atoms with Crippen molar-refractivity contribution in [2.45, 2.75) is 13.8 Å². The molecule has 0 bridgehead atoms. The van der Waals surface area contributed by atoms with Crippen molar-refractivity contribution in [1.82, 2.24) is 4.98 Å². The van der Waals surface area contributed by atoms with Gasteiger partial charge in [0.15, 0.2) is 5.75 Å². The van der Waals surface area contributed by atoms with Gasteiger partial charge in [-0.05, 0) is 37.6 Å². The smallest absolute Gasteiger partial charge is 0.343 e. The van der Waals surface area contributed by atoms with Gasteiger partial charge >= 0.3 is 5.97 Å². The first-order valence-corrected chi connectivity index (χ1v) is 6.79. The van der Waals surface area contributed by atoms with Crippen LogP contribution in [-0.2, 0) is 0 Å². The fourth-order valence-electron chi connectivity index (χ4n) is 2.26. The molecule has 104 valence electrons. The van der Waals surface area contributed by atoms with E-state index in [2.05, 4.69) is 4.98 Å². The molecule has 0 radical (unpaired) electrons. The minimum absolute atomic E-state index is 0.357. The molecule has 0 atom stereocenters. The molecule has 0 saturated heterocycles. The molecule has 21 heavy (non-hydrogen) atoms. The number of hydrogen-bond acceptors (Lipinski definition) is 3. The fourth-order valence-corrected chi connectivity index (χ4v) is 2.26. The van der Waals surface area contributed by atoms with Crippen molar-refractivity contribution in [3.05, 3.63) is 71.4 Å². The molecule has 0 unspecified atom stereocenters. The summed E-state index contributed by atoms with van der Waals surface area (Å²) in [5.41, 5.74) is 3.07. The molecule has 1 heterocycles. The summed E-state index contributed by atoms with van der Waals surface area (Å²) >= 11 is 0. The summed E-state index contributed by atoms with van der Waals surface area (Å²) in [5, 5.41) is 0.954. The zero-order valence-corrected chi connectivity index (χ0v) is 12.0. The van der Waals surface area contributed by atoms with Gasteiger partial charge in [0.25, 0.3) is 0 Å². The van der Waals surface area contributed by atoms with Crippen LogP contribution in [0.25, 0.3) is 10.9 Å². The number of pyridine rings is 1. The van der Waals surface area contributed by atoms with E-state index in [0.717, 1.165) is 16.6 Å². The van der Waals surface area contributed by atoms with Gasteiger partial charge in [0.05, 0.1) is 5.56 Å². The summed E-state index contributed by atoms with van der Waals surface area (Å²) in [4.78, 5) is 16.8. The molecule has 3 heteroatoms. The maximum absolute atomic E-state index is 12.3. The number of rotatable bonds is 2. The lowest BCUT2D eigenvalue weighted by Crippen LogP contribution is -2.10. The Kier molecular flexibility index (Phi) is 3.40. The normalized spacial score (nSPS) is 10.6. The number of ether oxygens (including phenoxy) is 1. The number of carbonyl (C=O) groups is 1. The predicted molar refractivity (Wildman–Crippen MR) is 82.6 cm³/mol. The number of nitrogens with zero attached hydrogens (tertiary/aromatic N) is 1. The minimum atomic E-state index is -0.357. The Morgan fingerprint density at radius 1 is 0.952 bits per heavy atom. The highest BCUT2D eigenvalue weighted by molar-refractivity contribution is 5.95. The van der Waals surface area contributed by atoms with Crippen molar-refractivity contribution in [1.29, 1.82) is 0 Å². The summed E-state index contributed by atoms with van der Waals surface area (Å²) in [6, 6.07) is 16.9. The minimum Gasteiger partial charge on any atom is -0.421 e. The summed E-state index contributed by atoms with van der Waals surface area (Å²) in [6.07, 6.45) is 0. The van der Waals surface area contributed by atoms with E-state index in [1.807, 2.05) is 56.3 Å². The van der Waals surface area contributed by atoms with E-state index in [9.17, 15) is 4.79 Å². The van der Waals surface area contributed by atoms with Crippen molar-refractivity contribution in [3.8, 4) is 5.75 Å². The third kappa shape index (κ3) is 2.63. The maximum atomic E-state index is 12.3. The largest absolute Gasteiger partial charge is 0.421 e. The average molecular weight is 277 g/mol. The van der Waals surface area contributed by atoms with Gasteiger partial charge in [0, 0.05) is 11.1 Å². The van der Waals surface area contributed by atoms with Crippen molar-refractivity contribution < 1.29 is 9.53 Å². The molecule has 0 spiro atoms. The maximum Gasteiger partial charge on any atom is 0.343 e. The van der Waals surface area contributed by atoms with Crippen LogP contribution in [0.15, 0.2) is 54.6 Å². The predicted octanol–water partition coefficient (Wildman–Crippen LogP) is 4.07. The van der Waals surface area contributed by atoms with Crippen LogP contribution in [0.4, 0.5) is 0 Å². The van der Waals surface area contributed by atoms with Crippen LogP contribution >= 0.6 is 0 Å². The van der Waals surface area contributed by atoms with Gasteiger partial charge < -0.3 is 4.74 Å². The molecular weight excluding hydrogens is 262 g/mol. The highest BCUT2D eigenvalue weighted by atomic mass is 16.5. The Hall–Kier alpha value is -2.68. The summed E-state index contributed by atoms with van der Waals surface area (Å²) in [6.45, 7) is 3.81. The van der Waals surface area contributed by atoms with Gasteiger partial charge in [-0.25, -0.2) is 9.78 Å². The van der Waals surface area contributed by atoms with Gasteiger partial charge in [-0.2, -0.15) is 0 Å². The van der Waals surface area contributed by atoms with E-state index in [1.54, 1.807) is 12.1 Å². The Bertz CT molecular complexity index is 824. The Labute approximate surface area is 123 Å². The van der Waals surface area contributed by atoms with E-state index in [-0.39, 0.29) is 5.97 Å². The van der Waals surface area contributed by atoms with Crippen LogP contribution in [-0.4, -0.2) is 11.0 Å². The number of benzene rings is 2. The molecule has 0 aliphatic rings. The number of carbonyl (C=O) groups excluding carboxylic acids is 1. The Morgan fingerprint density at radius 3 is 2.57 bits per heavy atom. The van der Waals surface area contributed by atoms with Gasteiger partial charge in [0.2, 0.25) is 0 Å². The molecule has 3 aromatic rings. The van der Waals surface area contributed by atoms with Crippen LogP contribution in [0.1, 0.15) is 21.6 Å². The quantitative estimate of drug-likeness (QED) is 0.523. The van der Waals surface area contributed by atoms with Gasteiger partial charge in [-0.15, -0.1) is 0 Å². The molecule has 2 aromatic carbocycles. The molecule has 0 aliphatic heterocycles. The molecule has 0 saturated carbocycles. The van der Waals surface area contributed by atoms with E-state index in [0.29, 0.717) is 16.8 Å². The molecule has 1 aromatic heterocycles. The summed E-state index contributed by atoms with van der Waals surface area (Å²) in [7, 11) is 0. The number of para-hydroxylation sites is 1. The number of hydrogen-bond donors (Lipinski definition) is 0. The lowest BCUT2D eigenvalue weighted by atomic mass is 10.1. The lowest BCUT2D eigenvalue weighted by Gasteiger charge is -2.09. The zero-order valence-electron chi connectivity index (χ0n) is 12.0. The molecule has 3 rings (SSSR count). The average Bonchev–Trinajstić information content (AvgIpc) is 2.48. The zero-order chi connectivity index (χ0) is 14.8. The first-order chi connectivity index (χ1) is 10.1. The Morgan fingerprint density at radius 2 is 1.76 bits per heavy atom. The second kappa shape index (κ2) is 5.37. The third-order valence-electron chi connectivity index (χ3n) is 3.39. The van der Waals surface area contributed by atoms with Gasteiger partial charge in [0.1, 0.15) is 5.52 Å². The van der Waals surface area contributed by atoms with Gasteiger partial charge in [-0.3, -0.25) is 0 Å². The third-order valence-corrected chi connectivity index (χ3v) is 3.39. The first-order valence-electron chi connectivity index (χ1n) is 6.79. The molecule has 0 aliphatic carbocycles. The topological polar surface area (TPSA) is 39.2 Å². The second-order valence-corrected chi connectivity index (χ2v) is 4.98. The van der Waals surface area contributed by atoms with Crippen LogP contribution in [0.2, 0.25) is 0 Å².